The van der Waals surface area contributed by atoms with E-state index in [0.717, 1.165) is 11.8 Å². The molecule has 1 aromatic heterocycles. The fourth-order valence-corrected chi connectivity index (χ4v) is 1.91. The van der Waals surface area contributed by atoms with Crippen LogP contribution in [0.2, 0.25) is 5.02 Å². The number of benzene rings is 1. The molecule has 0 saturated heterocycles. The Kier molecular flexibility index (Phi) is 2.85. The van der Waals surface area contributed by atoms with E-state index in [1.165, 1.54) is 7.11 Å². The van der Waals surface area contributed by atoms with Gasteiger partial charge >= 0.3 is 5.69 Å². The number of pyridine rings is 1. The van der Waals surface area contributed by atoms with Crippen molar-refractivity contribution >= 4 is 28.2 Å². The SMILES string of the molecule is COc1cc(C)cc2c(Cl)c([N+](=O)[O-])cnc12. The average molecular weight is 253 g/mol. The van der Waals surface area contributed by atoms with Crippen LogP contribution in [0.25, 0.3) is 10.9 Å². The van der Waals surface area contributed by atoms with E-state index in [9.17, 15) is 10.1 Å². The Labute approximate surface area is 102 Å². The molecule has 0 aliphatic rings. The molecule has 5 nitrogen and oxygen atoms in total. The standard InChI is InChI=1S/C11H9ClN2O3/c1-6-3-7-10(12)8(14(15)16)5-13-11(7)9(4-6)17-2/h3-5H,1-2H3. The number of hydrogen-bond acceptors (Lipinski definition) is 4. The third-order valence-corrected chi connectivity index (χ3v) is 2.81. The van der Waals surface area contributed by atoms with Gasteiger partial charge in [-0.15, -0.1) is 0 Å². The van der Waals surface area contributed by atoms with Crippen molar-refractivity contribution in [3.05, 3.63) is 39.0 Å². The molecule has 0 amide bonds. The minimum Gasteiger partial charge on any atom is -0.494 e. The summed E-state index contributed by atoms with van der Waals surface area (Å²) in [6.45, 7) is 1.86. The first-order chi connectivity index (χ1) is 8.04. The third kappa shape index (κ3) is 1.89. The van der Waals surface area contributed by atoms with Gasteiger partial charge < -0.3 is 4.74 Å². The summed E-state index contributed by atoms with van der Waals surface area (Å²) < 4.78 is 5.17. The van der Waals surface area contributed by atoms with Crippen molar-refractivity contribution < 1.29 is 9.66 Å². The predicted octanol–water partition coefficient (Wildman–Crippen LogP) is 3.11. The van der Waals surface area contributed by atoms with Crippen LogP contribution in [0.5, 0.6) is 5.75 Å². The Morgan fingerprint density at radius 3 is 2.76 bits per heavy atom. The van der Waals surface area contributed by atoms with E-state index in [1.807, 2.05) is 6.92 Å². The molecule has 0 atom stereocenters. The average Bonchev–Trinajstić information content (AvgIpc) is 2.28. The maximum absolute atomic E-state index is 10.8. The van der Waals surface area contributed by atoms with Crippen LogP contribution in [0.4, 0.5) is 5.69 Å². The van der Waals surface area contributed by atoms with Gasteiger partial charge in [-0.05, 0) is 24.6 Å². The molecular formula is C11H9ClN2O3. The van der Waals surface area contributed by atoms with E-state index >= 15 is 0 Å². The van der Waals surface area contributed by atoms with Gasteiger partial charge in [0.25, 0.3) is 0 Å². The van der Waals surface area contributed by atoms with Crippen LogP contribution < -0.4 is 4.74 Å². The van der Waals surface area contributed by atoms with E-state index in [0.29, 0.717) is 16.7 Å². The molecule has 1 heterocycles. The zero-order chi connectivity index (χ0) is 12.6. The number of nitro groups is 1. The molecular weight excluding hydrogens is 244 g/mol. The Hall–Kier alpha value is -1.88. The van der Waals surface area contributed by atoms with Crippen molar-refractivity contribution in [3.8, 4) is 5.75 Å². The lowest BCUT2D eigenvalue weighted by Crippen LogP contribution is -1.94. The molecule has 2 aromatic rings. The maximum Gasteiger partial charge on any atom is 0.306 e. The van der Waals surface area contributed by atoms with Gasteiger partial charge in [0.15, 0.2) is 0 Å². The molecule has 88 valence electrons. The Morgan fingerprint density at radius 2 is 2.18 bits per heavy atom. The van der Waals surface area contributed by atoms with Gasteiger partial charge in [-0.2, -0.15) is 0 Å². The molecule has 6 heteroatoms. The van der Waals surface area contributed by atoms with E-state index < -0.39 is 4.92 Å². The number of aromatic nitrogens is 1. The fraction of sp³-hybridized carbons (Fsp3) is 0.182. The van der Waals surface area contributed by atoms with Crippen molar-refractivity contribution in [2.75, 3.05) is 7.11 Å². The molecule has 0 unspecified atom stereocenters. The highest BCUT2D eigenvalue weighted by Gasteiger charge is 2.18. The third-order valence-electron chi connectivity index (χ3n) is 2.41. The van der Waals surface area contributed by atoms with E-state index in [-0.39, 0.29) is 10.7 Å². The number of aryl methyl sites for hydroxylation is 1. The number of rotatable bonds is 2. The smallest absolute Gasteiger partial charge is 0.306 e. The summed E-state index contributed by atoms with van der Waals surface area (Å²) in [7, 11) is 1.52. The highest BCUT2D eigenvalue weighted by Crippen LogP contribution is 2.35. The Morgan fingerprint density at radius 1 is 1.47 bits per heavy atom. The van der Waals surface area contributed by atoms with Crippen molar-refractivity contribution in [1.29, 1.82) is 0 Å². The van der Waals surface area contributed by atoms with Crippen LogP contribution in [-0.2, 0) is 0 Å². The summed E-state index contributed by atoms with van der Waals surface area (Å²) in [6, 6.07) is 3.55. The second kappa shape index (κ2) is 4.18. The lowest BCUT2D eigenvalue weighted by Gasteiger charge is -2.07. The number of ether oxygens (including phenoxy) is 1. The van der Waals surface area contributed by atoms with Crippen LogP contribution in [-0.4, -0.2) is 17.0 Å². The molecule has 0 saturated carbocycles. The normalized spacial score (nSPS) is 10.5. The molecule has 0 spiro atoms. The topological polar surface area (TPSA) is 65.3 Å². The molecule has 0 aliphatic heterocycles. The lowest BCUT2D eigenvalue weighted by molar-refractivity contribution is -0.384. The first-order valence-electron chi connectivity index (χ1n) is 4.82. The summed E-state index contributed by atoms with van der Waals surface area (Å²) in [5, 5.41) is 11.4. The molecule has 17 heavy (non-hydrogen) atoms. The van der Waals surface area contributed by atoms with Crippen molar-refractivity contribution in [2.45, 2.75) is 6.92 Å². The van der Waals surface area contributed by atoms with Crippen molar-refractivity contribution in [3.63, 3.8) is 0 Å². The van der Waals surface area contributed by atoms with Gasteiger partial charge in [0.2, 0.25) is 0 Å². The molecule has 0 aliphatic carbocycles. The van der Waals surface area contributed by atoms with Crippen LogP contribution in [0.15, 0.2) is 18.3 Å². The van der Waals surface area contributed by atoms with E-state index in [4.69, 9.17) is 16.3 Å². The minimum absolute atomic E-state index is 0.0852. The van der Waals surface area contributed by atoms with Gasteiger partial charge in [-0.25, -0.2) is 4.98 Å². The number of methoxy groups -OCH3 is 1. The zero-order valence-corrected chi connectivity index (χ0v) is 9.99. The second-order valence-corrected chi connectivity index (χ2v) is 3.96. The molecule has 0 radical (unpaired) electrons. The molecule has 2 rings (SSSR count). The molecule has 0 fully saturated rings. The number of fused-ring (bicyclic) bond motifs is 1. The largest absolute Gasteiger partial charge is 0.494 e. The summed E-state index contributed by atoms with van der Waals surface area (Å²) >= 11 is 6.00. The zero-order valence-electron chi connectivity index (χ0n) is 9.23. The lowest BCUT2D eigenvalue weighted by atomic mass is 10.1. The Bertz CT molecular complexity index is 613. The fourth-order valence-electron chi connectivity index (χ4n) is 1.65. The monoisotopic (exact) mass is 252 g/mol. The quantitative estimate of drug-likeness (QED) is 0.608. The van der Waals surface area contributed by atoms with Crippen LogP contribution in [0.3, 0.4) is 0 Å². The predicted molar refractivity (Wildman–Crippen MR) is 64.7 cm³/mol. The number of nitrogens with zero attached hydrogens (tertiary/aromatic N) is 2. The van der Waals surface area contributed by atoms with Crippen molar-refractivity contribution in [1.82, 2.24) is 4.98 Å². The van der Waals surface area contributed by atoms with E-state index in [2.05, 4.69) is 4.98 Å². The minimum atomic E-state index is -0.552. The van der Waals surface area contributed by atoms with Crippen molar-refractivity contribution in [2.24, 2.45) is 0 Å². The summed E-state index contributed by atoms with van der Waals surface area (Å²) in [4.78, 5) is 14.2. The Balaban J connectivity index is 2.86. The molecule has 1 aromatic carbocycles. The summed E-state index contributed by atoms with van der Waals surface area (Å²) in [6.07, 6.45) is 1.14. The van der Waals surface area contributed by atoms with Gasteiger partial charge in [0, 0.05) is 5.39 Å². The number of halogens is 1. The van der Waals surface area contributed by atoms with Crippen LogP contribution in [0.1, 0.15) is 5.56 Å². The number of hydrogen-bond donors (Lipinski definition) is 0. The van der Waals surface area contributed by atoms with Gasteiger partial charge in [0.05, 0.1) is 12.0 Å². The van der Waals surface area contributed by atoms with Crippen LogP contribution >= 0.6 is 11.6 Å². The summed E-state index contributed by atoms with van der Waals surface area (Å²) in [5.74, 6) is 0.553. The summed E-state index contributed by atoms with van der Waals surface area (Å²) in [5.41, 5.74) is 1.22. The van der Waals surface area contributed by atoms with Gasteiger partial charge in [-0.1, -0.05) is 11.6 Å². The first-order valence-corrected chi connectivity index (χ1v) is 5.19. The first kappa shape index (κ1) is 11.6. The highest BCUT2D eigenvalue weighted by molar-refractivity contribution is 6.37. The van der Waals surface area contributed by atoms with Gasteiger partial charge in [0.1, 0.15) is 22.5 Å². The van der Waals surface area contributed by atoms with E-state index in [1.54, 1.807) is 12.1 Å². The van der Waals surface area contributed by atoms with Crippen LogP contribution in [0, 0.1) is 17.0 Å². The maximum atomic E-state index is 10.8. The second-order valence-electron chi connectivity index (χ2n) is 3.58. The molecule has 0 bridgehead atoms. The highest BCUT2D eigenvalue weighted by atomic mass is 35.5. The van der Waals surface area contributed by atoms with Gasteiger partial charge in [-0.3, -0.25) is 10.1 Å². The molecule has 0 N–H and O–H groups in total.